The molecule has 0 radical (unpaired) electrons. The first-order chi connectivity index (χ1) is 18.1. The molecule has 1 spiro atoms. The monoisotopic (exact) mass is 571 g/mol. The Morgan fingerprint density at radius 3 is 2.32 bits per heavy atom. The van der Waals surface area contributed by atoms with Gasteiger partial charge >= 0.3 is 0 Å². The molecule has 4 aromatic rings. The SMILES string of the molecule is CSc1ncc2c(n1)C[C@@]1(CCCc3ccc(N(Cc4ccccc4)Cc4ccccc4)c(Br)c31)OC2. The van der Waals surface area contributed by atoms with Crippen LogP contribution in [0.3, 0.4) is 0 Å². The Kier molecular flexibility index (Phi) is 7.06. The Morgan fingerprint density at radius 2 is 1.65 bits per heavy atom. The number of aromatic nitrogens is 2. The number of halogens is 1. The predicted molar refractivity (Wildman–Crippen MR) is 154 cm³/mol. The number of ether oxygens (including phenoxy) is 1. The van der Waals surface area contributed by atoms with Crippen molar-refractivity contribution in [1.82, 2.24) is 9.97 Å². The number of benzene rings is 3. The van der Waals surface area contributed by atoms with E-state index < -0.39 is 0 Å². The van der Waals surface area contributed by atoms with Crippen LogP contribution < -0.4 is 4.90 Å². The summed E-state index contributed by atoms with van der Waals surface area (Å²) < 4.78 is 7.90. The van der Waals surface area contributed by atoms with Gasteiger partial charge in [-0.15, -0.1) is 0 Å². The quantitative estimate of drug-likeness (QED) is 0.177. The second-order valence-electron chi connectivity index (χ2n) is 9.90. The number of hydrogen-bond donors (Lipinski definition) is 0. The van der Waals surface area contributed by atoms with E-state index >= 15 is 0 Å². The maximum absolute atomic E-state index is 6.75. The third-order valence-corrected chi connectivity index (χ3v) is 8.90. The molecular formula is C31H30BrN3OS. The minimum atomic E-state index is -0.370. The molecular weight excluding hydrogens is 542 g/mol. The van der Waals surface area contributed by atoms with Gasteiger partial charge in [0, 0.05) is 41.3 Å². The van der Waals surface area contributed by atoms with E-state index in [9.17, 15) is 0 Å². The number of aryl methyl sites for hydroxylation is 1. The van der Waals surface area contributed by atoms with Gasteiger partial charge in [-0.1, -0.05) is 78.5 Å². The zero-order chi connectivity index (χ0) is 25.2. The number of nitrogens with zero attached hydrogens (tertiary/aromatic N) is 3. The van der Waals surface area contributed by atoms with Crippen LogP contribution in [0.2, 0.25) is 0 Å². The maximum atomic E-state index is 6.75. The Labute approximate surface area is 231 Å². The molecule has 1 aliphatic carbocycles. The van der Waals surface area contributed by atoms with E-state index in [1.807, 2.05) is 12.5 Å². The van der Waals surface area contributed by atoms with Crippen LogP contribution in [0.1, 0.15) is 46.4 Å². The summed E-state index contributed by atoms with van der Waals surface area (Å²) in [5.74, 6) is 0. The lowest BCUT2D eigenvalue weighted by atomic mass is 9.74. The Morgan fingerprint density at radius 1 is 0.946 bits per heavy atom. The van der Waals surface area contributed by atoms with Crippen LogP contribution in [0.4, 0.5) is 5.69 Å². The first-order valence-corrected chi connectivity index (χ1v) is 14.8. The van der Waals surface area contributed by atoms with Crippen molar-refractivity contribution in [2.75, 3.05) is 11.2 Å². The molecule has 0 fully saturated rings. The molecule has 1 atom stereocenters. The van der Waals surface area contributed by atoms with Crippen LogP contribution in [-0.4, -0.2) is 16.2 Å². The fourth-order valence-electron chi connectivity index (χ4n) is 5.73. The van der Waals surface area contributed by atoms with Gasteiger partial charge in [0.15, 0.2) is 5.16 Å². The number of fused-ring (bicyclic) bond motifs is 3. The van der Waals surface area contributed by atoms with Crippen molar-refractivity contribution in [2.24, 2.45) is 0 Å². The van der Waals surface area contributed by atoms with Gasteiger partial charge in [-0.05, 0) is 64.2 Å². The van der Waals surface area contributed by atoms with Crippen LogP contribution in [0.15, 0.2) is 88.6 Å². The van der Waals surface area contributed by atoms with Gasteiger partial charge < -0.3 is 9.64 Å². The van der Waals surface area contributed by atoms with E-state index in [2.05, 4.69) is 98.6 Å². The molecule has 3 aromatic carbocycles. The number of anilines is 1. The van der Waals surface area contributed by atoms with Crippen molar-refractivity contribution in [1.29, 1.82) is 0 Å². The molecule has 0 saturated carbocycles. The molecule has 188 valence electrons. The van der Waals surface area contributed by atoms with E-state index in [0.29, 0.717) is 6.61 Å². The molecule has 6 rings (SSSR count). The third-order valence-electron chi connectivity index (χ3n) is 7.54. The van der Waals surface area contributed by atoms with E-state index in [1.54, 1.807) is 11.8 Å². The molecule has 2 aliphatic rings. The highest BCUT2D eigenvalue weighted by atomic mass is 79.9. The molecule has 0 bridgehead atoms. The minimum Gasteiger partial charge on any atom is -0.365 e. The standard InChI is InChI=1S/C31H30BrN3OS/c1-37-30-33-18-25-21-36-31(17-26(25)34-30)16-8-13-24-14-15-27(29(32)28(24)31)35(19-22-9-4-2-5-10-22)20-23-11-6-3-7-12-23/h2-7,9-12,14-15,18H,8,13,16-17,19-21H2,1H3/t31-/m1/s1. The van der Waals surface area contributed by atoms with Crippen molar-refractivity contribution in [3.8, 4) is 0 Å². The van der Waals surface area contributed by atoms with Crippen molar-refractivity contribution in [2.45, 2.75) is 56.1 Å². The highest BCUT2D eigenvalue weighted by molar-refractivity contribution is 9.10. The lowest BCUT2D eigenvalue weighted by molar-refractivity contribution is -0.0863. The second-order valence-corrected chi connectivity index (χ2v) is 11.5. The molecule has 0 N–H and O–H groups in total. The zero-order valence-corrected chi connectivity index (χ0v) is 23.4. The summed E-state index contributed by atoms with van der Waals surface area (Å²) in [6.45, 7) is 2.21. The molecule has 0 amide bonds. The molecule has 1 aliphatic heterocycles. The van der Waals surface area contributed by atoms with Crippen LogP contribution >= 0.6 is 27.7 Å². The average Bonchev–Trinajstić information content (AvgIpc) is 2.94. The van der Waals surface area contributed by atoms with Crippen LogP contribution in [0, 0.1) is 0 Å². The first kappa shape index (κ1) is 24.7. The fourth-order valence-corrected chi connectivity index (χ4v) is 7.09. The lowest BCUT2D eigenvalue weighted by Crippen LogP contribution is -2.40. The van der Waals surface area contributed by atoms with Crippen molar-refractivity contribution in [3.63, 3.8) is 0 Å². The van der Waals surface area contributed by atoms with Gasteiger partial charge in [0.25, 0.3) is 0 Å². The highest BCUT2D eigenvalue weighted by Gasteiger charge is 2.43. The summed E-state index contributed by atoms with van der Waals surface area (Å²) >= 11 is 5.71. The van der Waals surface area contributed by atoms with E-state index in [4.69, 9.17) is 9.72 Å². The summed E-state index contributed by atoms with van der Waals surface area (Å²) in [5, 5.41) is 0.830. The Bertz CT molecular complexity index is 1360. The summed E-state index contributed by atoms with van der Waals surface area (Å²) in [7, 11) is 0. The van der Waals surface area contributed by atoms with Crippen LogP contribution in [-0.2, 0) is 42.9 Å². The summed E-state index contributed by atoms with van der Waals surface area (Å²) in [5.41, 5.74) is 8.34. The fraction of sp³-hybridized carbons (Fsp3) is 0.290. The molecule has 1 aromatic heterocycles. The zero-order valence-electron chi connectivity index (χ0n) is 21.0. The predicted octanol–water partition coefficient (Wildman–Crippen LogP) is 7.47. The van der Waals surface area contributed by atoms with E-state index in [-0.39, 0.29) is 5.60 Å². The van der Waals surface area contributed by atoms with Crippen molar-refractivity contribution < 1.29 is 4.74 Å². The van der Waals surface area contributed by atoms with Crippen molar-refractivity contribution >= 4 is 33.4 Å². The van der Waals surface area contributed by atoms with Gasteiger partial charge in [-0.2, -0.15) is 0 Å². The van der Waals surface area contributed by atoms with E-state index in [1.165, 1.54) is 27.9 Å². The molecule has 0 saturated heterocycles. The summed E-state index contributed by atoms with van der Waals surface area (Å²) in [6.07, 6.45) is 7.94. The number of rotatable bonds is 6. The third kappa shape index (κ3) is 4.95. The Hall–Kier alpha value is -2.67. The molecule has 6 heteroatoms. The van der Waals surface area contributed by atoms with Gasteiger partial charge in [0.1, 0.15) is 5.60 Å². The topological polar surface area (TPSA) is 38.2 Å². The largest absolute Gasteiger partial charge is 0.365 e. The van der Waals surface area contributed by atoms with Gasteiger partial charge in [0.05, 0.1) is 18.0 Å². The maximum Gasteiger partial charge on any atom is 0.187 e. The van der Waals surface area contributed by atoms with Gasteiger partial charge in [0.2, 0.25) is 0 Å². The first-order valence-electron chi connectivity index (χ1n) is 12.8. The molecule has 37 heavy (non-hydrogen) atoms. The smallest absolute Gasteiger partial charge is 0.187 e. The van der Waals surface area contributed by atoms with E-state index in [0.717, 1.165) is 59.7 Å². The van der Waals surface area contributed by atoms with Crippen LogP contribution in [0.5, 0.6) is 0 Å². The normalized spacial score (nSPS) is 18.3. The van der Waals surface area contributed by atoms with Crippen LogP contribution in [0.25, 0.3) is 0 Å². The van der Waals surface area contributed by atoms with Gasteiger partial charge in [-0.3, -0.25) is 0 Å². The minimum absolute atomic E-state index is 0.370. The average molecular weight is 573 g/mol. The molecule has 0 unspecified atom stereocenters. The lowest BCUT2D eigenvalue weighted by Gasteiger charge is -2.43. The number of thioether (sulfide) groups is 1. The van der Waals surface area contributed by atoms with Gasteiger partial charge in [-0.25, -0.2) is 9.97 Å². The molecule has 4 nitrogen and oxygen atoms in total. The Balaban J connectivity index is 1.42. The second kappa shape index (κ2) is 10.6. The highest BCUT2D eigenvalue weighted by Crippen LogP contribution is 2.49. The van der Waals surface area contributed by atoms with Crippen molar-refractivity contribution in [3.05, 3.63) is 117 Å². The molecule has 2 heterocycles. The number of hydrogen-bond acceptors (Lipinski definition) is 5. The summed E-state index contributed by atoms with van der Waals surface area (Å²) in [6, 6.07) is 26.1. The summed E-state index contributed by atoms with van der Waals surface area (Å²) in [4.78, 5) is 11.9.